The zero-order chi connectivity index (χ0) is 21.9. The van der Waals surface area contributed by atoms with Crippen molar-refractivity contribution in [2.75, 3.05) is 5.32 Å². The van der Waals surface area contributed by atoms with E-state index in [0.29, 0.717) is 34.4 Å². The largest absolute Gasteiger partial charge is 0.339 e. The molecule has 5 aromatic rings. The fourth-order valence-corrected chi connectivity index (χ4v) is 4.18. The van der Waals surface area contributed by atoms with Crippen molar-refractivity contribution in [1.82, 2.24) is 24.7 Å². The number of pyridine rings is 1. The van der Waals surface area contributed by atoms with Crippen LogP contribution in [0.15, 0.2) is 77.8 Å². The van der Waals surface area contributed by atoms with Crippen molar-refractivity contribution in [2.45, 2.75) is 13.3 Å². The van der Waals surface area contributed by atoms with Gasteiger partial charge >= 0.3 is 0 Å². The molecule has 0 bridgehead atoms. The number of aromatic nitrogens is 5. The second-order valence-electron chi connectivity index (χ2n) is 7.04. The van der Waals surface area contributed by atoms with Crippen molar-refractivity contribution in [3.8, 4) is 16.5 Å². The van der Waals surface area contributed by atoms with Crippen LogP contribution in [-0.2, 0) is 6.42 Å². The maximum Gasteiger partial charge on any atom is 0.267 e. The topological polar surface area (TPSA) is 98.7 Å². The first-order valence-electron chi connectivity index (χ1n) is 9.90. The molecular weight excluding hydrogens is 424 g/mol. The number of hydrogen-bond donors (Lipinski definition) is 1. The lowest BCUT2D eigenvalue weighted by Crippen LogP contribution is -2.13. The number of benzene rings is 1. The quantitative estimate of drug-likeness (QED) is 0.415. The Kier molecular flexibility index (Phi) is 5.30. The molecule has 158 valence electrons. The second kappa shape index (κ2) is 8.56. The first-order chi connectivity index (χ1) is 15.7. The summed E-state index contributed by atoms with van der Waals surface area (Å²) in [5.74, 6) is 0.762. The van der Waals surface area contributed by atoms with Crippen LogP contribution < -0.4 is 5.32 Å². The lowest BCUT2D eigenvalue weighted by Gasteiger charge is -2.09. The predicted octanol–water partition coefficient (Wildman–Crippen LogP) is 4.53. The molecule has 0 saturated heterocycles. The first-order valence-corrected chi connectivity index (χ1v) is 10.7. The number of carbonyl (C=O) groups is 1. The van der Waals surface area contributed by atoms with Crippen molar-refractivity contribution in [1.29, 1.82) is 0 Å². The van der Waals surface area contributed by atoms with Crippen LogP contribution in [0.3, 0.4) is 0 Å². The third-order valence-electron chi connectivity index (χ3n) is 4.83. The fourth-order valence-electron chi connectivity index (χ4n) is 3.25. The van der Waals surface area contributed by atoms with E-state index in [4.69, 9.17) is 4.52 Å². The number of amides is 1. The summed E-state index contributed by atoms with van der Waals surface area (Å²) in [6, 6.07) is 15.1. The van der Waals surface area contributed by atoms with Gasteiger partial charge in [-0.25, -0.2) is 4.98 Å². The second-order valence-corrected chi connectivity index (χ2v) is 8.01. The van der Waals surface area contributed by atoms with Crippen LogP contribution in [0.25, 0.3) is 16.5 Å². The summed E-state index contributed by atoms with van der Waals surface area (Å²) < 4.78 is 7.31. The van der Waals surface area contributed by atoms with E-state index in [1.165, 1.54) is 11.3 Å². The average Bonchev–Trinajstić information content (AvgIpc) is 3.57. The summed E-state index contributed by atoms with van der Waals surface area (Å²) in [5.41, 5.74) is 3.08. The molecule has 8 nitrogen and oxygen atoms in total. The minimum absolute atomic E-state index is 0.200. The third-order valence-corrected chi connectivity index (χ3v) is 6.00. The number of anilines is 1. The number of para-hydroxylation sites is 1. The highest BCUT2D eigenvalue weighted by molar-refractivity contribution is 7.16. The van der Waals surface area contributed by atoms with Crippen molar-refractivity contribution in [2.24, 2.45) is 0 Å². The molecule has 0 aliphatic carbocycles. The number of nitrogens with zero attached hydrogens (tertiary/aromatic N) is 5. The third kappa shape index (κ3) is 4.06. The summed E-state index contributed by atoms with van der Waals surface area (Å²) in [6.45, 7) is 1.84. The van der Waals surface area contributed by atoms with Crippen LogP contribution in [0.1, 0.15) is 26.8 Å². The Morgan fingerprint density at radius 1 is 1.06 bits per heavy atom. The predicted molar refractivity (Wildman–Crippen MR) is 121 cm³/mol. The van der Waals surface area contributed by atoms with Gasteiger partial charge in [-0.1, -0.05) is 34.7 Å². The van der Waals surface area contributed by atoms with Gasteiger partial charge in [0, 0.05) is 36.0 Å². The molecule has 5 rings (SSSR count). The Labute approximate surface area is 187 Å². The molecule has 1 amide bonds. The van der Waals surface area contributed by atoms with Crippen LogP contribution in [0.4, 0.5) is 5.69 Å². The maximum atomic E-state index is 13.0. The molecule has 0 atom stereocenters. The van der Waals surface area contributed by atoms with E-state index in [1.54, 1.807) is 12.4 Å². The molecule has 32 heavy (non-hydrogen) atoms. The lowest BCUT2D eigenvalue weighted by atomic mass is 10.1. The number of carbonyl (C=O) groups excluding carboxylic acids is 1. The summed E-state index contributed by atoms with van der Waals surface area (Å²) in [5, 5.41) is 7.81. The average molecular weight is 443 g/mol. The molecule has 0 aliphatic rings. The van der Waals surface area contributed by atoms with Gasteiger partial charge in [-0.05, 0) is 42.8 Å². The highest BCUT2D eigenvalue weighted by Crippen LogP contribution is 2.25. The summed E-state index contributed by atoms with van der Waals surface area (Å²) in [6.07, 6.45) is 7.56. The Hall–Kier alpha value is -4.11. The summed E-state index contributed by atoms with van der Waals surface area (Å²) >= 11 is 1.35. The van der Waals surface area contributed by atoms with Gasteiger partial charge in [-0.15, -0.1) is 0 Å². The summed E-state index contributed by atoms with van der Waals surface area (Å²) in [4.78, 5) is 26.6. The van der Waals surface area contributed by atoms with Crippen molar-refractivity contribution >= 4 is 22.9 Å². The highest BCUT2D eigenvalue weighted by atomic mass is 32.1. The molecule has 9 heteroatoms. The SMILES string of the molecule is Cc1nc(-n2cccc2)sc1C(=O)Nc1ccccc1Cc1nc(-c2ccncc2)no1. The molecule has 1 N–H and O–H groups in total. The Morgan fingerprint density at radius 3 is 2.66 bits per heavy atom. The van der Waals surface area contributed by atoms with E-state index < -0.39 is 0 Å². The van der Waals surface area contributed by atoms with E-state index in [-0.39, 0.29) is 5.91 Å². The molecule has 0 spiro atoms. The van der Waals surface area contributed by atoms with E-state index in [9.17, 15) is 4.79 Å². The molecule has 4 heterocycles. The Bertz CT molecular complexity index is 1360. The van der Waals surface area contributed by atoms with Crippen molar-refractivity contribution in [3.05, 3.63) is 95.3 Å². The van der Waals surface area contributed by atoms with Gasteiger partial charge in [-0.2, -0.15) is 4.98 Å². The van der Waals surface area contributed by atoms with E-state index in [2.05, 4.69) is 25.4 Å². The van der Waals surface area contributed by atoms with E-state index in [1.807, 2.05) is 72.4 Å². The number of aryl methyl sites for hydroxylation is 1. The molecule has 4 aromatic heterocycles. The fraction of sp³-hybridized carbons (Fsp3) is 0.0870. The van der Waals surface area contributed by atoms with Gasteiger partial charge in [0.25, 0.3) is 5.91 Å². The van der Waals surface area contributed by atoms with Crippen LogP contribution >= 0.6 is 11.3 Å². The normalized spacial score (nSPS) is 10.9. The first kappa shape index (κ1) is 19.8. The number of hydrogen-bond acceptors (Lipinski definition) is 7. The zero-order valence-corrected chi connectivity index (χ0v) is 17.9. The standard InChI is InChI=1S/C23H18N6O2S/c1-15-20(32-23(25-15)29-12-4-5-13-29)22(30)26-18-7-3-2-6-17(18)14-19-27-21(28-31-19)16-8-10-24-11-9-16/h2-13H,14H2,1H3,(H,26,30). The number of thiazole rings is 1. The van der Waals surface area contributed by atoms with Crippen LogP contribution in [-0.4, -0.2) is 30.6 Å². The van der Waals surface area contributed by atoms with Crippen LogP contribution in [0, 0.1) is 6.92 Å². The molecule has 0 radical (unpaired) electrons. The Morgan fingerprint density at radius 2 is 1.84 bits per heavy atom. The maximum absolute atomic E-state index is 13.0. The number of nitrogens with one attached hydrogen (secondary N) is 1. The van der Waals surface area contributed by atoms with Gasteiger partial charge < -0.3 is 14.4 Å². The van der Waals surface area contributed by atoms with Gasteiger partial charge in [0.05, 0.1) is 12.1 Å². The molecule has 0 fully saturated rings. The van der Waals surface area contributed by atoms with Gasteiger partial charge in [0.2, 0.25) is 11.7 Å². The Balaban J connectivity index is 1.35. The number of rotatable bonds is 6. The minimum atomic E-state index is -0.200. The smallest absolute Gasteiger partial charge is 0.267 e. The van der Waals surface area contributed by atoms with Crippen molar-refractivity contribution < 1.29 is 9.32 Å². The molecular formula is C23H18N6O2S. The molecule has 0 aliphatic heterocycles. The van der Waals surface area contributed by atoms with Crippen LogP contribution in [0.5, 0.6) is 0 Å². The van der Waals surface area contributed by atoms with Gasteiger partial charge in [0.1, 0.15) is 4.88 Å². The monoisotopic (exact) mass is 442 g/mol. The van der Waals surface area contributed by atoms with Gasteiger partial charge in [-0.3, -0.25) is 9.78 Å². The minimum Gasteiger partial charge on any atom is -0.339 e. The molecule has 0 saturated carbocycles. The van der Waals surface area contributed by atoms with Gasteiger partial charge in [0.15, 0.2) is 5.13 Å². The van der Waals surface area contributed by atoms with E-state index in [0.717, 1.165) is 16.3 Å². The van der Waals surface area contributed by atoms with Crippen molar-refractivity contribution in [3.63, 3.8) is 0 Å². The lowest BCUT2D eigenvalue weighted by molar-refractivity contribution is 0.102. The summed E-state index contributed by atoms with van der Waals surface area (Å²) in [7, 11) is 0. The molecule has 0 unspecified atom stereocenters. The van der Waals surface area contributed by atoms with Crippen LogP contribution in [0.2, 0.25) is 0 Å². The zero-order valence-electron chi connectivity index (χ0n) is 17.1. The highest BCUT2D eigenvalue weighted by Gasteiger charge is 2.18. The van der Waals surface area contributed by atoms with E-state index >= 15 is 0 Å². The molecule has 1 aromatic carbocycles.